The number of hydrogen-bond donors (Lipinski definition) is 2. The zero-order valence-electron chi connectivity index (χ0n) is 13.9. The number of methoxy groups -OCH3 is 1. The largest absolute Gasteiger partial charge is 0.493 e. The summed E-state index contributed by atoms with van der Waals surface area (Å²) >= 11 is 0. The van der Waals surface area contributed by atoms with Gasteiger partial charge in [0, 0.05) is 18.3 Å². The SMILES string of the molecule is COc1cc(C(=O)N[C@@H](c2ccccn2)C(F)(F)F)ccc1OCCN. The molecule has 0 unspecified atom stereocenters. The fourth-order valence-electron chi connectivity index (χ4n) is 2.18. The van der Waals surface area contributed by atoms with Gasteiger partial charge in [0.1, 0.15) is 6.61 Å². The molecule has 0 saturated carbocycles. The highest BCUT2D eigenvalue weighted by Crippen LogP contribution is 2.33. The monoisotopic (exact) mass is 369 g/mol. The second-order valence-corrected chi connectivity index (χ2v) is 5.21. The Morgan fingerprint density at radius 3 is 2.62 bits per heavy atom. The maximum Gasteiger partial charge on any atom is 0.414 e. The van der Waals surface area contributed by atoms with E-state index in [4.69, 9.17) is 15.2 Å². The predicted molar refractivity (Wildman–Crippen MR) is 88.0 cm³/mol. The van der Waals surface area contributed by atoms with E-state index in [1.165, 1.54) is 49.7 Å². The zero-order chi connectivity index (χ0) is 19.2. The molecule has 3 N–H and O–H groups in total. The number of amides is 1. The highest BCUT2D eigenvalue weighted by atomic mass is 19.4. The van der Waals surface area contributed by atoms with Crippen molar-refractivity contribution in [1.29, 1.82) is 0 Å². The van der Waals surface area contributed by atoms with Gasteiger partial charge in [-0.25, -0.2) is 0 Å². The van der Waals surface area contributed by atoms with Crippen LogP contribution in [0.4, 0.5) is 13.2 Å². The van der Waals surface area contributed by atoms with Crippen molar-refractivity contribution in [2.45, 2.75) is 12.2 Å². The summed E-state index contributed by atoms with van der Waals surface area (Å²) in [6.45, 7) is 0.514. The van der Waals surface area contributed by atoms with Crippen molar-refractivity contribution >= 4 is 5.91 Å². The van der Waals surface area contributed by atoms with Crippen LogP contribution in [0.25, 0.3) is 0 Å². The first-order chi connectivity index (χ1) is 12.4. The van der Waals surface area contributed by atoms with Crippen LogP contribution in [0, 0.1) is 0 Å². The van der Waals surface area contributed by atoms with Crippen LogP contribution in [0.2, 0.25) is 0 Å². The second kappa shape index (κ2) is 8.52. The van der Waals surface area contributed by atoms with Gasteiger partial charge in [0.15, 0.2) is 17.5 Å². The Bertz CT molecular complexity index is 739. The van der Waals surface area contributed by atoms with Crippen molar-refractivity contribution in [3.05, 3.63) is 53.9 Å². The van der Waals surface area contributed by atoms with Gasteiger partial charge in [-0.3, -0.25) is 9.78 Å². The van der Waals surface area contributed by atoms with Crippen LogP contribution in [0.5, 0.6) is 11.5 Å². The van der Waals surface area contributed by atoms with E-state index in [9.17, 15) is 18.0 Å². The molecule has 1 aromatic heterocycles. The number of nitrogens with one attached hydrogen (secondary N) is 1. The molecule has 0 bridgehead atoms. The maximum atomic E-state index is 13.3. The third kappa shape index (κ3) is 4.85. The lowest BCUT2D eigenvalue weighted by molar-refractivity contribution is -0.156. The molecule has 1 heterocycles. The van der Waals surface area contributed by atoms with E-state index in [2.05, 4.69) is 4.98 Å². The Balaban J connectivity index is 2.24. The summed E-state index contributed by atoms with van der Waals surface area (Å²) < 4.78 is 50.4. The Morgan fingerprint density at radius 2 is 2.04 bits per heavy atom. The number of hydrogen-bond acceptors (Lipinski definition) is 5. The van der Waals surface area contributed by atoms with Gasteiger partial charge in [0.25, 0.3) is 5.91 Å². The average Bonchev–Trinajstić information content (AvgIpc) is 2.63. The minimum atomic E-state index is -4.70. The quantitative estimate of drug-likeness (QED) is 0.783. The minimum Gasteiger partial charge on any atom is -0.493 e. The smallest absolute Gasteiger partial charge is 0.414 e. The predicted octanol–water partition coefficient (Wildman–Crippen LogP) is 2.46. The molecule has 0 spiro atoms. The topological polar surface area (TPSA) is 86.5 Å². The normalized spacial score (nSPS) is 12.3. The molecule has 0 aliphatic heterocycles. The Labute approximate surface area is 148 Å². The number of nitrogens with two attached hydrogens (primary N) is 1. The van der Waals surface area contributed by atoms with E-state index in [0.717, 1.165) is 0 Å². The van der Waals surface area contributed by atoms with Crippen molar-refractivity contribution in [2.24, 2.45) is 5.73 Å². The molecular weight excluding hydrogens is 351 g/mol. The van der Waals surface area contributed by atoms with Gasteiger partial charge in [-0.05, 0) is 30.3 Å². The number of ether oxygens (including phenoxy) is 2. The van der Waals surface area contributed by atoms with Gasteiger partial charge >= 0.3 is 6.18 Å². The van der Waals surface area contributed by atoms with Gasteiger partial charge in [0.05, 0.1) is 12.8 Å². The lowest BCUT2D eigenvalue weighted by Crippen LogP contribution is -2.38. The number of aromatic nitrogens is 1. The first-order valence-corrected chi connectivity index (χ1v) is 7.66. The first-order valence-electron chi connectivity index (χ1n) is 7.66. The van der Waals surface area contributed by atoms with Gasteiger partial charge in [0.2, 0.25) is 0 Å². The van der Waals surface area contributed by atoms with Crippen LogP contribution < -0.4 is 20.5 Å². The Hall–Kier alpha value is -2.81. The number of carbonyl (C=O) groups is 1. The molecule has 1 aromatic carbocycles. The molecule has 2 rings (SSSR count). The molecule has 9 heteroatoms. The lowest BCUT2D eigenvalue weighted by Gasteiger charge is -2.21. The van der Waals surface area contributed by atoms with E-state index in [-0.39, 0.29) is 30.2 Å². The van der Waals surface area contributed by atoms with E-state index in [1.54, 1.807) is 0 Å². The van der Waals surface area contributed by atoms with Gasteiger partial charge in [-0.2, -0.15) is 13.2 Å². The summed E-state index contributed by atoms with van der Waals surface area (Å²) in [6.07, 6.45) is -3.47. The molecular formula is C17H18F3N3O3. The van der Waals surface area contributed by atoms with Crippen molar-refractivity contribution in [1.82, 2.24) is 10.3 Å². The fourth-order valence-corrected chi connectivity index (χ4v) is 2.18. The lowest BCUT2D eigenvalue weighted by atomic mass is 10.1. The molecule has 0 saturated heterocycles. The first kappa shape index (κ1) is 19.5. The zero-order valence-corrected chi connectivity index (χ0v) is 13.9. The standard InChI is InChI=1S/C17H18F3N3O3/c1-25-14-10-11(5-6-13(14)26-9-7-21)16(24)23-15(17(18,19)20)12-4-2-3-8-22-12/h2-6,8,10,15H,7,9,21H2,1H3,(H,23,24)/t15-/m0/s1. The highest BCUT2D eigenvalue weighted by Gasteiger charge is 2.43. The van der Waals surface area contributed by atoms with E-state index in [1.807, 2.05) is 5.32 Å². The third-order valence-electron chi connectivity index (χ3n) is 3.39. The van der Waals surface area contributed by atoms with Gasteiger partial charge < -0.3 is 20.5 Å². The maximum absolute atomic E-state index is 13.3. The molecule has 140 valence electrons. The van der Waals surface area contributed by atoms with Crippen LogP contribution in [-0.2, 0) is 0 Å². The van der Waals surface area contributed by atoms with Crippen LogP contribution in [0.1, 0.15) is 22.1 Å². The number of nitrogens with zero attached hydrogens (tertiary/aromatic N) is 1. The summed E-state index contributed by atoms with van der Waals surface area (Å²) in [7, 11) is 1.36. The van der Waals surface area contributed by atoms with Crippen LogP contribution in [0.3, 0.4) is 0 Å². The Morgan fingerprint density at radius 1 is 1.27 bits per heavy atom. The van der Waals surface area contributed by atoms with Crippen molar-refractivity contribution in [3.63, 3.8) is 0 Å². The fraction of sp³-hybridized carbons (Fsp3) is 0.294. The highest BCUT2D eigenvalue weighted by molar-refractivity contribution is 5.95. The average molecular weight is 369 g/mol. The number of pyridine rings is 1. The number of benzene rings is 1. The molecule has 6 nitrogen and oxygen atoms in total. The second-order valence-electron chi connectivity index (χ2n) is 5.21. The molecule has 26 heavy (non-hydrogen) atoms. The molecule has 0 radical (unpaired) electrons. The van der Waals surface area contributed by atoms with E-state index >= 15 is 0 Å². The summed E-state index contributed by atoms with van der Waals surface area (Å²) in [5.74, 6) is -0.360. The summed E-state index contributed by atoms with van der Waals surface area (Å²) in [5, 5.41) is 1.96. The molecule has 1 atom stereocenters. The molecule has 0 fully saturated rings. The molecule has 1 amide bonds. The van der Waals surface area contributed by atoms with E-state index < -0.39 is 18.1 Å². The van der Waals surface area contributed by atoms with Crippen LogP contribution >= 0.6 is 0 Å². The summed E-state index contributed by atoms with van der Waals surface area (Å²) in [4.78, 5) is 16.0. The van der Waals surface area contributed by atoms with Crippen LogP contribution in [0.15, 0.2) is 42.6 Å². The molecule has 2 aromatic rings. The van der Waals surface area contributed by atoms with E-state index in [0.29, 0.717) is 5.75 Å². The molecule has 0 aliphatic carbocycles. The van der Waals surface area contributed by atoms with Gasteiger partial charge in [-0.1, -0.05) is 6.07 Å². The summed E-state index contributed by atoms with van der Waals surface area (Å²) in [5.41, 5.74) is 5.04. The minimum absolute atomic E-state index is 0.00729. The molecule has 0 aliphatic rings. The number of carbonyl (C=O) groups excluding carboxylic acids is 1. The summed E-state index contributed by atoms with van der Waals surface area (Å²) in [6, 6.07) is 5.96. The Kier molecular flexibility index (Phi) is 6.40. The van der Waals surface area contributed by atoms with Crippen molar-refractivity contribution in [2.75, 3.05) is 20.3 Å². The van der Waals surface area contributed by atoms with Crippen molar-refractivity contribution < 1.29 is 27.4 Å². The third-order valence-corrected chi connectivity index (χ3v) is 3.39. The number of alkyl halides is 3. The number of rotatable bonds is 7. The van der Waals surface area contributed by atoms with Gasteiger partial charge in [-0.15, -0.1) is 0 Å². The van der Waals surface area contributed by atoms with Crippen molar-refractivity contribution in [3.8, 4) is 11.5 Å². The van der Waals surface area contributed by atoms with Crippen LogP contribution in [-0.4, -0.2) is 37.3 Å². The number of halogens is 3.